The number of phenols is 3. The van der Waals surface area contributed by atoms with Crippen LogP contribution in [-0.4, -0.2) is 26.5 Å². The molecule has 1 atom stereocenters. The summed E-state index contributed by atoms with van der Waals surface area (Å²) in [6.07, 6.45) is -1.07. The molecule has 1 aromatic heterocycles. The van der Waals surface area contributed by atoms with Gasteiger partial charge in [-0.05, 0) is 25.1 Å². The molecule has 0 saturated heterocycles. The van der Waals surface area contributed by atoms with Gasteiger partial charge in [0, 0.05) is 18.1 Å². The van der Waals surface area contributed by atoms with Crippen molar-refractivity contribution in [2.75, 3.05) is 0 Å². The molecule has 3 aromatic rings. The number of aromatic hydroxyl groups is 3. The molecule has 0 bridgehead atoms. The number of hydrogen-bond acceptors (Lipinski definition) is 6. The first kappa shape index (κ1) is 15.9. The molecule has 0 radical (unpaired) electrons. The molecule has 0 unspecified atom stereocenters. The van der Waals surface area contributed by atoms with Crippen molar-refractivity contribution in [1.29, 1.82) is 0 Å². The Labute approximate surface area is 136 Å². The monoisotopic (exact) mass is 328 g/mol. The molecule has 3 rings (SSSR count). The summed E-state index contributed by atoms with van der Waals surface area (Å²) < 4.78 is 5.54. The summed E-state index contributed by atoms with van der Waals surface area (Å²) in [5, 5.41) is 40.0. The number of hydrogen-bond donors (Lipinski definition) is 4. The lowest BCUT2D eigenvalue weighted by molar-refractivity contribution is 0.209. The Morgan fingerprint density at radius 1 is 1.21 bits per heavy atom. The van der Waals surface area contributed by atoms with Crippen molar-refractivity contribution in [2.24, 2.45) is 0 Å². The van der Waals surface area contributed by atoms with Crippen LogP contribution in [0, 0.1) is 0 Å². The van der Waals surface area contributed by atoms with Gasteiger partial charge in [-0.2, -0.15) is 0 Å². The Morgan fingerprint density at radius 2 is 1.92 bits per heavy atom. The van der Waals surface area contributed by atoms with Crippen molar-refractivity contribution in [2.45, 2.75) is 19.4 Å². The van der Waals surface area contributed by atoms with Gasteiger partial charge in [-0.15, -0.1) is 0 Å². The molecule has 0 aliphatic carbocycles. The topological polar surface area (TPSA) is 111 Å². The lowest BCUT2D eigenvalue weighted by Gasteiger charge is -2.14. The number of aliphatic hydroxyl groups is 1. The highest BCUT2D eigenvalue weighted by molar-refractivity contribution is 5.95. The average Bonchev–Trinajstić information content (AvgIpc) is 2.51. The number of benzene rings is 2. The second kappa shape index (κ2) is 5.58. The van der Waals surface area contributed by atoms with Gasteiger partial charge in [-0.1, -0.05) is 12.2 Å². The molecule has 2 aromatic carbocycles. The van der Waals surface area contributed by atoms with E-state index in [1.54, 1.807) is 6.92 Å². The summed E-state index contributed by atoms with van der Waals surface area (Å²) in [4.78, 5) is 12.7. The van der Waals surface area contributed by atoms with E-state index >= 15 is 0 Å². The third-order valence-electron chi connectivity index (χ3n) is 3.97. The lowest BCUT2D eigenvalue weighted by Crippen LogP contribution is -2.12. The summed E-state index contributed by atoms with van der Waals surface area (Å²) in [7, 11) is 0. The van der Waals surface area contributed by atoms with Gasteiger partial charge in [0.1, 0.15) is 33.8 Å². The molecular weight excluding hydrogens is 312 g/mol. The van der Waals surface area contributed by atoms with Crippen molar-refractivity contribution in [3.8, 4) is 17.2 Å². The molecule has 6 nitrogen and oxygen atoms in total. The van der Waals surface area contributed by atoms with Crippen molar-refractivity contribution < 1.29 is 24.8 Å². The zero-order chi connectivity index (χ0) is 17.6. The Hall–Kier alpha value is -2.99. The molecule has 6 heteroatoms. The minimum atomic E-state index is -0.976. The van der Waals surface area contributed by atoms with Gasteiger partial charge >= 0.3 is 0 Å². The highest BCUT2D eigenvalue weighted by Crippen LogP contribution is 2.36. The predicted octanol–water partition coefficient (Wildman–Crippen LogP) is 2.54. The van der Waals surface area contributed by atoms with Gasteiger partial charge in [-0.25, -0.2) is 0 Å². The van der Waals surface area contributed by atoms with Crippen LogP contribution in [0.5, 0.6) is 17.2 Å². The quantitative estimate of drug-likeness (QED) is 0.434. The van der Waals surface area contributed by atoms with Crippen LogP contribution in [0.2, 0.25) is 0 Å². The normalized spacial score (nSPS) is 12.6. The van der Waals surface area contributed by atoms with Crippen LogP contribution in [0.15, 0.2) is 45.6 Å². The second-order valence-electron chi connectivity index (χ2n) is 5.77. The van der Waals surface area contributed by atoms with Crippen molar-refractivity contribution >= 4 is 21.9 Å². The second-order valence-corrected chi connectivity index (χ2v) is 5.77. The van der Waals surface area contributed by atoms with Crippen LogP contribution in [0.1, 0.15) is 12.5 Å². The van der Waals surface area contributed by atoms with E-state index < -0.39 is 17.3 Å². The summed E-state index contributed by atoms with van der Waals surface area (Å²) in [5.74, 6) is -0.851. The van der Waals surface area contributed by atoms with Crippen LogP contribution < -0.4 is 5.43 Å². The molecular formula is C18H16O6. The van der Waals surface area contributed by atoms with E-state index in [0.717, 1.165) is 0 Å². The fourth-order valence-corrected chi connectivity index (χ4v) is 2.58. The maximum Gasteiger partial charge on any atom is 0.204 e. The van der Waals surface area contributed by atoms with E-state index in [1.165, 1.54) is 24.3 Å². The minimum absolute atomic E-state index is 0.0155. The molecule has 24 heavy (non-hydrogen) atoms. The van der Waals surface area contributed by atoms with Crippen LogP contribution in [0.25, 0.3) is 21.9 Å². The Bertz CT molecular complexity index is 1030. The van der Waals surface area contributed by atoms with Crippen molar-refractivity contribution in [3.63, 3.8) is 0 Å². The van der Waals surface area contributed by atoms with Gasteiger partial charge in [-0.3, -0.25) is 4.79 Å². The van der Waals surface area contributed by atoms with E-state index in [2.05, 4.69) is 6.58 Å². The lowest BCUT2D eigenvalue weighted by atomic mass is 9.99. The first-order valence-electron chi connectivity index (χ1n) is 7.26. The molecule has 0 aliphatic heterocycles. The third kappa shape index (κ3) is 2.47. The SMILES string of the molecule is C=C(C)[C@H](O)Cc1c(O)cc2oc3ccc(O)cc3c(=O)c2c1O. The van der Waals surface area contributed by atoms with Gasteiger partial charge < -0.3 is 24.8 Å². The third-order valence-corrected chi connectivity index (χ3v) is 3.97. The van der Waals surface area contributed by atoms with Crippen molar-refractivity contribution in [3.05, 3.63) is 52.2 Å². The molecule has 1 heterocycles. The molecule has 0 amide bonds. The summed E-state index contributed by atoms with van der Waals surface area (Å²) in [5.41, 5.74) is 0.195. The molecule has 0 saturated carbocycles. The van der Waals surface area contributed by atoms with Gasteiger partial charge in [0.25, 0.3) is 0 Å². The van der Waals surface area contributed by atoms with E-state index in [9.17, 15) is 25.2 Å². The minimum Gasteiger partial charge on any atom is -0.508 e. The van der Waals surface area contributed by atoms with E-state index in [-0.39, 0.29) is 45.4 Å². The fraction of sp³-hybridized carbons (Fsp3) is 0.167. The number of fused-ring (bicyclic) bond motifs is 2. The Kier molecular flexibility index (Phi) is 3.69. The predicted molar refractivity (Wildman–Crippen MR) is 89.5 cm³/mol. The highest BCUT2D eigenvalue weighted by Gasteiger charge is 2.21. The summed E-state index contributed by atoms with van der Waals surface area (Å²) >= 11 is 0. The smallest absolute Gasteiger partial charge is 0.204 e. The van der Waals surface area contributed by atoms with Crippen LogP contribution in [0.4, 0.5) is 0 Å². The van der Waals surface area contributed by atoms with Crippen molar-refractivity contribution in [1.82, 2.24) is 0 Å². The van der Waals surface area contributed by atoms with Crippen LogP contribution in [-0.2, 0) is 6.42 Å². The first-order chi connectivity index (χ1) is 11.3. The number of phenolic OH excluding ortho intramolecular Hbond substituents is 3. The zero-order valence-corrected chi connectivity index (χ0v) is 12.9. The maximum absolute atomic E-state index is 12.7. The van der Waals surface area contributed by atoms with Crippen LogP contribution in [0.3, 0.4) is 0 Å². The zero-order valence-electron chi connectivity index (χ0n) is 12.9. The highest BCUT2D eigenvalue weighted by atomic mass is 16.3. The van der Waals surface area contributed by atoms with E-state index in [1.807, 2.05) is 0 Å². The van der Waals surface area contributed by atoms with Gasteiger partial charge in [0.2, 0.25) is 5.43 Å². The first-order valence-corrected chi connectivity index (χ1v) is 7.26. The molecule has 0 fully saturated rings. The summed E-state index contributed by atoms with van der Waals surface area (Å²) in [6, 6.07) is 5.27. The van der Waals surface area contributed by atoms with Gasteiger partial charge in [0.15, 0.2) is 0 Å². The average molecular weight is 328 g/mol. The van der Waals surface area contributed by atoms with E-state index in [0.29, 0.717) is 5.57 Å². The van der Waals surface area contributed by atoms with Crippen LogP contribution >= 0.6 is 0 Å². The van der Waals surface area contributed by atoms with Gasteiger partial charge in [0.05, 0.1) is 11.5 Å². The van der Waals surface area contributed by atoms with E-state index in [4.69, 9.17) is 4.42 Å². The number of aliphatic hydroxyl groups excluding tert-OH is 1. The standard InChI is InChI=1S/C18H16O6/c1-8(2)12(20)6-10-13(21)7-15-16(17(10)22)18(23)11-5-9(19)3-4-14(11)24-15/h3-5,7,12,19-22H,1,6H2,2H3/t12-/m1/s1. The maximum atomic E-state index is 12.7. The number of rotatable bonds is 3. The molecule has 124 valence electrons. The molecule has 0 aliphatic rings. The summed E-state index contributed by atoms with van der Waals surface area (Å²) in [6.45, 7) is 5.24. The molecule has 0 spiro atoms. The Morgan fingerprint density at radius 3 is 2.58 bits per heavy atom. The fourth-order valence-electron chi connectivity index (χ4n) is 2.58. The molecule has 4 N–H and O–H groups in total. The largest absolute Gasteiger partial charge is 0.508 e. The Balaban J connectivity index is 2.34.